The van der Waals surface area contributed by atoms with Gasteiger partial charge in [0.2, 0.25) is 0 Å². The summed E-state index contributed by atoms with van der Waals surface area (Å²) in [5, 5.41) is 4.14. The summed E-state index contributed by atoms with van der Waals surface area (Å²) in [6.45, 7) is 2.77. The van der Waals surface area contributed by atoms with Crippen molar-refractivity contribution < 1.29 is 14.3 Å². The van der Waals surface area contributed by atoms with E-state index in [1.54, 1.807) is 13.2 Å². The molecule has 0 radical (unpaired) electrons. The van der Waals surface area contributed by atoms with E-state index >= 15 is 0 Å². The summed E-state index contributed by atoms with van der Waals surface area (Å²) in [6.07, 6.45) is 11.8. The Bertz CT molecular complexity index is 753. The van der Waals surface area contributed by atoms with E-state index in [0.717, 1.165) is 44.3 Å². The average Bonchev–Trinajstić information content (AvgIpc) is 3.53. The number of nitrogens with one attached hydrogen (secondary N) is 1. The van der Waals surface area contributed by atoms with E-state index in [9.17, 15) is 4.79 Å². The fourth-order valence-corrected chi connectivity index (χ4v) is 4.14. The van der Waals surface area contributed by atoms with E-state index in [2.05, 4.69) is 17.2 Å². The minimum atomic E-state index is -0.460. The Morgan fingerprint density at radius 2 is 2.03 bits per heavy atom. The van der Waals surface area contributed by atoms with Crippen molar-refractivity contribution in [2.75, 3.05) is 20.2 Å². The first-order chi connectivity index (χ1) is 14.9. The van der Waals surface area contributed by atoms with Gasteiger partial charge in [-0.1, -0.05) is 19.8 Å². The molecular formula is C23H37N5O3. The van der Waals surface area contributed by atoms with E-state index in [1.807, 2.05) is 12.1 Å². The summed E-state index contributed by atoms with van der Waals surface area (Å²) >= 11 is 0. The predicted octanol–water partition coefficient (Wildman–Crippen LogP) is 3.53. The molecule has 5 N–H and O–H groups in total. The molecule has 8 nitrogen and oxygen atoms in total. The minimum absolute atomic E-state index is 0.153. The van der Waals surface area contributed by atoms with Gasteiger partial charge in [-0.25, -0.2) is 10.6 Å². The number of carbonyl (C=O) groups is 1. The van der Waals surface area contributed by atoms with Crippen LogP contribution in [0.3, 0.4) is 0 Å². The highest BCUT2D eigenvalue weighted by Gasteiger charge is 2.42. The van der Waals surface area contributed by atoms with Crippen LogP contribution in [0.15, 0.2) is 24.0 Å². The third-order valence-corrected chi connectivity index (χ3v) is 6.25. The maximum absolute atomic E-state index is 12.2. The molecule has 0 aliphatic heterocycles. The van der Waals surface area contributed by atoms with E-state index < -0.39 is 6.09 Å². The summed E-state index contributed by atoms with van der Waals surface area (Å²) < 4.78 is 11.4. The molecule has 1 amide bonds. The van der Waals surface area contributed by atoms with Crippen molar-refractivity contribution in [3.63, 3.8) is 0 Å². The summed E-state index contributed by atoms with van der Waals surface area (Å²) in [5.41, 5.74) is 8.05. The number of carbonyl (C=O) groups excluding carboxylic acids is 1. The molecule has 0 saturated heterocycles. The van der Waals surface area contributed by atoms with Gasteiger partial charge >= 0.3 is 6.09 Å². The van der Waals surface area contributed by atoms with Gasteiger partial charge in [0.15, 0.2) is 0 Å². The number of nitrogens with zero attached hydrogens (tertiary/aromatic N) is 2. The highest BCUT2D eigenvalue weighted by Crippen LogP contribution is 2.49. The van der Waals surface area contributed by atoms with Gasteiger partial charge < -0.3 is 25.5 Å². The molecule has 1 aromatic rings. The molecular weight excluding hydrogens is 394 g/mol. The van der Waals surface area contributed by atoms with Gasteiger partial charge in [0.1, 0.15) is 5.75 Å². The Morgan fingerprint density at radius 3 is 2.61 bits per heavy atom. The molecule has 0 unspecified atom stereocenters. The lowest BCUT2D eigenvalue weighted by Crippen LogP contribution is -2.37. The molecule has 0 bridgehead atoms. The highest BCUT2D eigenvalue weighted by atomic mass is 16.5. The van der Waals surface area contributed by atoms with Crippen LogP contribution in [-0.2, 0) is 4.74 Å². The van der Waals surface area contributed by atoms with Crippen LogP contribution in [0.4, 0.5) is 4.79 Å². The largest absolute Gasteiger partial charge is 0.489 e. The number of hydrazine groups is 1. The zero-order valence-electron chi connectivity index (χ0n) is 18.9. The summed E-state index contributed by atoms with van der Waals surface area (Å²) in [6, 6.07) is 3.69. The molecule has 1 aromatic heterocycles. The number of alkyl carbamates (subject to hydrolysis) is 1. The molecule has 31 heavy (non-hydrogen) atoms. The van der Waals surface area contributed by atoms with E-state index in [0.29, 0.717) is 23.7 Å². The lowest BCUT2D eigenvalue weighted by Gasteiger charge is -2.23. The second kappa shape index (κ2) is 10.7. The average molecular weight is 432 g/mol. The molecule has 2 aliphatic rings. The first kappa shape index (κ1) is 23.2. The molecule has 3 rings (SSSR count). The smallest absolute Gasteiger partial charge is 0.407 e. The maximum Gasteiger partial charge on any atom is 0.407 e. The number of hydrogen-bond acceptors (Lipinski definition) is 7. The molecule has 0 spiro atoms. The van der Waals surface area contributed by atoms with Crippen LogP contribution in [0.25, 0.3) is 5.70 Å². The number of nitrogens with two attached hydrogens (primary N) is 2. The zero-order valence-corrected chi connectivity index (χ0v) is 18.9. The topological polar surface area (TPSA) is 116 Å². The van der Waals surface area contributed by atoms with Crippen LogP contribution in [0, 0.1) is 5.41 Å². The van der Waals surface area contributed by atoms with Crippen molar-refractivity contribution >= 4 is 11.8 Å². The second-order valence-corrected chi connectivity index (χ2v) is 8.91. The molecule has 2 saturated carbocycles. The van der Waals surface area contributed by atoms with Crippen molar-refractivity contribution in [1.82, 2.24) is 15.3 Å². The van der Waals surface area contributed by atoms with E-state index in [-0.39, 0.29) is 18.1 Å². The van der Waals surface area contributed by atoms with Crippen LogP contribution in [0.2, 0.25) is 0 Å². The van der Waals surface area contributed by atoms with E-state index in [4.69, 9.17) is 21.1 Å². The summed E-state index contributed by atoms with van der Waals surface area (Å²) in [7, 11) is 1.68. The normalized spacial score (nSPS) is 18.7. The summed E-state index contributed by atoms with van der Waals surface area (Å²) in [4.78, 5) is 16.6. The minimum Gasteiger partial charge on any atom is -0.489 e. The Labute approximate surface area is 185 Å². The Morgan fingerprint density at radius 1 is 1.29 bits per heavy atom. The number of hydrogen-bond donors (Lipinski definition) is 3. The predicted molar refractivity (Wildman–Crippen MR) is 121 cm³/mol. The fourth-order valence-electron chi connectivity index (χ4n) is 4.14. The molecule has 0 atom stereocenters. The van der Waals surface area contributed by atoms with Crippen LogP contribution >= 0.6 is 0 Å². The molecule has 2 aliphatic carbocycles. The second-order valence-electron chi connectivity index (χ2n) is 8.91. The molecule has 172 valence electrons. The van der Waals surface area contributed by atoms with Crippen molar-refractivity contribution in [3.05, 3.63) is 29.7 Å². The third-order valence-electron chi connectivity index (χ3n) is 6.25. The monoisotopic (exact) mass is 431 g/mol. The van der Waals surface area contributed by atoms with Gasteiger partial charge in [-0.2, -0.15) is 0 Å². The Hall–Kier alpha value is -2.48. The number of pyridine rings is 1. The first-order valence-corrected chi connectivity index (χ1v) is 11.4. The van der Waals surface area contributed by atoms with Gasteiger partial charge in [-0.15, -0.1) is 0 Å². The number of amides is 1. The first-order valence-electron chi connectivity index (χ1n) is 11.4. The van der Waals surface area contributed by atoms with Crippen LogP contribution < -0.4 is 21.6 Å². The molecule has 8 heteroatoms. The van der Waals surface area contributed by atoms with Crippen molar-refractivity contribution in [2.24, 2.45) is 17.0 Å². The fraction of sp³-hybridized carbons (Fsp3) is 0.652. The van der Waals surface area contributed by atoms with Crippen LogP contribution in [0.1, 0.15) is 70.4 Å². The van der Waals surface area contributed by atoms with Crippen molar-refractivity contribution in [3.8, 4) is 5.75 Å². The van der Waals surface area contributed by atoms with Gasteiger partial charge in [0.05, 0.1) is 42.5 Å². The third kappa shape index (κ3) is 6.75. The lowest BCUT2D eigenvalue weighted by molar-refractivity contribution is 0.118. The maximum atomic E-state index is 12.2. The highest BCUT2D eigenvalue weighted by molar-refractivity contribution is 5.69. The van der Waals surface area contributed by atoms with Gasteiger partial charge in [0, 0.05) is 12.5 Å². The number of likely N-dealkylation sites (N-methyl/N-ethyl adjacent to an activating group) is 1. The molecule has 2 fully saturated rings. The Kier molecular flexibility index (Phi) is 8.01. The van der Waals surface area contributed by atoms with Crippen LogP contribution in [-0.4, -0.2) is 42.4 Å². The number of aromatic nitrogens is 1. The van der Waals surface area contributed by atoms with Gasteiger partial charge in [-0.3, -0.25) is 4.98 Å². The van der Waals surface area contributed by atoms with Crippen LogP contribution in [0.5, 0.6) is 5.75 Å². The zero-order chi connectivity index (χ0) is 22.3. The lowest BCUT2D eigenvalue weighted by atomic mass is 9.98. The summed E-state index contributed by atoms with van der Waals surface area (Å²) in [5.74, 6) is 6.70. The van der Waals surface area contributed by atoms with Gasteiger partial charge in [-0.05, 0) is 57.1 Å². The standard InChI is InChI=1S/C23H37N5O3/c1-3-11-23(12-13-23)16-30-22(29)27-15-20(28(2)25)21(24)19-10-9-18(14-26-19)31-17-7-5-4-6-8-17/h9-10,14,17H,3-8,11-13,15-16,24-25H2,1-2H3,(H,27,29)/b21-20-. The SMILES string of the molecule is CCCC1(COC(=O)NC/C(=C(/N)c2ccc(OC3CCCCC3)cn2)N(C)N)CC1. The number of rotatable bonds is 10. The molecule has 1 heterocycles. The quantitative estimate of drug-likeness (QED) is 0.383. The van der Waals surface area contributed by atoms with Crippen molar-refractivity contribution in [2.45, 2.75) is 70.8 Å². The number of ether oxygens (including phenoxy) is 2. The molecule has 0 aromatic carbocycles. The van der Waals surface area contributed by atoms with Gasteiger partial charge in [0.25, 0.3) is 0 Å². The Balaban J connectivity index is 1.55. The van der Waals surface area contributed by atoms with Crippen molar-refractivity contribution in [1.29, 1.82) is 0 Å². The van der Waals surface area contributed by atoms with E-state index in [1.165, 1.54) is 24.3 Å².